The van der Waals surface area contributed by atoms with Gasteiger partial charge in [0.05, 0.1) is 18.2 Å². The average molecular weight is 349 g/mol. The maximum atomic E-state index is 8.93. The van der Waals surface area contributed by atoms with Crippen LogP contribution in [0.5, 0.6) is 5.75 Å². The van der Waals surface area contributed by atoms with Crippen molar-refractivity contribution in [3.05, 3.63) is 65.2 Å². The standard InChI is InChI=1S/C21H23N3O2/c1-16-13-24-21(26-16)9-10-23-14-17-5-7-20(8-6-17)25-15-19-4-2-3-18(11-19)12-22/h2-8,11,16,23H,9-10,13-15H2,1H3/t16-/m0/s1. The fourth-order valence-corrected chi connectivity index (χ4v) is 2.70. The van der Waals surface area contributed by atoms with Gasteiger partial charge in [-0.3, -0.25) is 4.99 Å². The van der Waals surface area contributed by atoms with Gasteiger partial charge in [0.1, 0.15) is 18.5 Å². The molecule has 0 unspecified atom stereocenters. The van der Waals surface area contributed by atoms with Crippen LogP contribution in [0.2, 0.25) is 0 Å². The van der Waals surface area contributed by atoms with E-state index >= 15 is 0 Å². The molecular weight excluding hydrogens is 326 g/mol. The minimum Gasteiger partial charge on any atom is -0.489 e. The van der Waals surface area contributed by atoms with Crippen molar-refractivity contribution in [2.24, 2.45) is 4.99 Å². The van der Waals surface area contributed by atoms with Crippen molar-refractivity contribution in [1.29, 1.82) is 5.26 Å². The van der Waals surface area contributed by atoms with Crippen LogP contribution in [0.25, 0.3) is 0 Å². The number of rotatable bonds is 8. The first-order chi connectivity index (χ1) is 12.7. The lowest BCUT2D eigenvalue weighted by atomic mass is 10.1. The molecule has 26 heavy (non-hydrogen) atoms. The number of hydrogen-bond donors (Lipinski definition) is 1. The smallest absolute Gasteiger partial charge is 0.184 e. The maximum absolute atomic E-state index is 8.93. The molecule has 0 amide bonds. The zero-order valence-corrected chi connectivity index (χ0v) is 14.9. The summed E-state index contributed by atoms with van der Waals surface area (Å²) < 4.78 is 11.4. The van der Waals surface area contributed by atoms with E-state index in [-0.39, 0.29) is 6.10 Å². The maximum Gasteiger partial charge on any atom is 0.184 e. The molecule has 1 N–H and O–H groups in total. The van der Waals surface area contributed by atoms with Crippen molar-refractivity contribution in [2.75, 3.05) is 13.1 Å². The monoisotopic (exact) mass is 349 g/mol. The Labute approximate surface area is 154 Å². The van der Waals surface area contributed by atoms with Gasteiger partial charge in [0.2, 0.25) is 0 Å². The van der Waals surface area contributed by atoms with Crippen LogP contribution in [-0.4, -0.2) is 25.1 Å². The highest BCUT2D eigenvalue weighted by Crippen LogP contribution is 2.15. The summed E-state index contributed by atoms with van der Waals surface area (Å²) in [6.45, 7) is 4.91. The van der Waals surface area contributed by atoms with Crippen molar-refractivity contribution in [3.8, 4) is 11.8 Å². The zero-order valence-electron chi connectivity index (χ0n) is 14.9. The van der Waals surface area contributed by atoms with Crippen LogP contribution in [0.15, 0.2) is 53.5 Å². The number of hydrogen-bond acceptors (Lipinski definition) is 5. The Morgan fingerprint density at radius 3 is 2.81 bits per heavy atom. The number of ether oxygens (including phenoxy) is 2. The first-order valence-electron chi connectivity index (χ1n) is 8.84. The van der Waals surface area contributed by atoms with Crippen LogP contribution in [0.4, 0.5) is 0 Å². The molecule has 0 aliphatic carbocycles. The summed E-state index contributed by atoms with van der Waals surface area (Å²) in [5.41, 5.74) is 2.84. The molecule has 3 rings (SSSR count). The van der Waals surface area contributed by atoms with Crippen molar-refractivity contribution >= 4 is 5.90 Å². The van der Waals surface area contributed by atoms with Gasteiger partial charge in [-0.05, 0) is 42.3 Å². The SMILES string of the molecule is C[C@H]1CN=C(CCNCc2ccc(OCc3cccc(C#N)c3)cc2)O1. The molecule has 2 aromatic carbocycles. The third-order valence-electron chi connectivity index (χ3n) is 4.09. The van der Waals surface area contributed by atoms with Gasteiger partial charge in [-0.2, -0.15) is 5.26 Å². The first kappa shape index (κ1) is 18.0. The molecule has 0 saturated heterocycles. The van der Waals surface area contributed by atoms with Crippen molar-refractivity contribution in [2.45, 2.75) is 32.6 Å². The Morgan fingerprint density at radius 1 is 1.23 bits per heavy atom. The number of benzene rings is 2. The molecule has 1 heterocycles. The van der Waals surface area contributed by atoms with E-state index in [4.69, 9.17) is 14.7 Å². The van der Waals surface area contributed by atoms with Crippen LogP contribution < -0.4 is 10.1 Å². The Morgan fingerprint density at radius 2 is 2.08 bits per heavy atom. The number of nitriles is 1. The van der Waals surface area contributed by atoms with Crippen molar-refractivity contribution in [1.82, 2.24) is 5.32 Å². The van der Waals surface area contributed by atoms with E-state index in [1.165, 1.54) is 5.56 Å². The molecule has 1 aliphatic heterocycles. The van der Waals surface area contributed by atoms with E-state index in [1.54, 1.807) is 6.07 Å². The lowest BCUT2D eigenvalue weighted by Gasteiger charge is -2.09. The number of aliphatic imine (C=N–C) groups is 1. The molecule has 0 spiro atoms. The van der Waals surface area contributed by atoms with Gasteiger partial charge in [0.25, 0.3) is 0 Å². The second-order valence-corrected chi connectivity index (χ2v) is 6.33. The Bertz CT molecular complexity index is 794. The fraction of sp³-hybridized carbons (Fsp3) is 0.333. The van der Waals surface area contributed by atoms with Crippen molar-refractivity contribution in [3.63, 3.8) is 0 Å². The van der Waals surface area contributed by atoms with E-state index in [0.717, 1.165) is 43.3 Å². The van der Waals surface area contributed by atoms with E-state index in [0.29, 0.717) is 12.2 Å². The molecule has 0 radical (unpaired) electrons. The Kier molecular flexibility index (Phi) is 6.24. The largest absolute Gasteiger partial charge is 0.489 e. The summed E-state index contributed by atoms with van der Waals surface area (Å²) in [4.78, 5) is 4.35. The molecule has 0 bridgehead atoms. The molecule has 1 aliphatic rings. The van der Waals surface area contributed by atoms with E-state index < -0.39 is 0 Å². The van der Waals surface area contributed by atoms with Crippen molar-refractivity contribution < 1.29 is 9.47 Å². The third kappa shape index (κ3) is 5.33. The second kappa shape index (κ2) is 9.02. The molecule has 5 heteroatoms. The normalized spacial score (nSPS) is 15.8. The molecular formula is C21H23N3O2. The summed E-state index contributed by atoms with van der Waals surface area (Å²) in [5, 5.41) is 12.3. The van der Waals surface area contributed by atoms with E-state index in [9.17, 15) is 0 Å². The van der Waals surface area contributed by atoms with E-state index in [1.807, 2.05) is 37.3 Å². The number of nitrogens with zero attached hydrogens (tertiary/aromatic N) is 2. The molecule has 2 aromatic rings. The van der Waals surface area contributed by atoms with Crippen LogP contribution in [0.1, 0.15) is 30.0 Å². The highest BCUT2D eigenvalue weighted by atomic mass is 16.5. The summed E-state index contributed by atoms with van der Waals surface area (Å²) in [6, 6.07) is 17.6. The van der Waals surface area contributed by atoms with Gasteiger partial charge in [0, 0.05) is 19.5 Å². The first-order valence-corrected chi connectivity index (χ1v) is 8.84. The summed E-state index contributed by atoms with van der Waals surface area (Å²) >= 11 is 0. The van der Waals surface area contributed by atoms with Crippen LogP contribution in [0.3, 0.4) is 0 Å². The fourth-order valence-electron chi connectivity index (χ4n) is 2.70. The lowest BCUT2D eigenvalue weighted by molar-refractivity contribution is 0.239. The van der Waals surface area contributed by atoms with E-state index in [2.05, 4.69) is 28.5 Å². The lowest BCUT2D eigenvalue weighted by Crippen LogP contribution is -2.18. The molecule has 134 valence electrons. The zero-order chi connectivity index (χ0) is 18.2. The highest BCUT2D eigenvalue weighted by Gasteiger charge is 2.13. The summed E-state index contributed by atoms with van der Waals surface area (Å²) in [7, 11) is 0. The molecule has 0 aromatic heterocycles. The predicted octanol–water partition coefficient (Wildman–Crippen LogP) is 3.43. The number of nitrogens with one attached hydrogen (secondary N) is 1. The van der Waals surface area contributed by atoms with Crippen LogP contribution in [0, 0.1) is 11.3 Å². The van der Waals surface area contributed by atoms with Gasteiger partial charge in [0.15, 0.2) is 5.90 Å². The highest BCUT2D eigenvalue weighted by molar-refractivity contribution is 5.77. The minimum absolute atomic E-state index is 0.222. The quantitative estimate of drug-likeness (QED) is 0.742. The third-order valence-corrected chi connectivity index (χ3v) is 4.09. The van der Waals surface area contributed by atoms with Crippen LogP contribution in [-0.2, 0) is 17.9 Å². The average Bonchev–Trinajstić information content (AvgIpc) is 3.10. The Balaban J connectivity index is 1.39. The minimum atomic E-state index is 0.222. The van der Waals surface area contributed by atoms with Crippen LogP contribution >= 0.6 is 0 Å². The summed E-state index contributed by atoms with van der Waals surface area (Å²) in [5.74, 6) is 1.67. The molecule has 5 nitrogen and oxygen atoms in total. The predicted molar refractivity (Wildman–Crippen MR) is 101 cm³/mol. The Hall–Kier alpha value is -2.84. The van der Waals surface area contributed by atoms with Gasteiger partial charge >= 0.3 is 0 Å². The molecule has 0 fully saturated rings. The van der Waals surface area contributed by atoms with Gasteiger partial charge in [-0.15, -0.1) is 0 Å². The molecule has 1 atom stereocenters. The van der Waals surface area contributed by atoms with Gasteiger partial charge in [-0.25, -0.2) is 0 Å². The van der Waals surface area contributed by atoms with Gasteiger partial charge in [-0.1, -0.05) is 24.3 Å². The second-order valence-electron chi connectivity index (χ2n) is 6.33. The van der Waals surface area contributed by atoms with Gasteiger partial charge < -0.3 is 14.8 Å². The topological polar surface area (TPSA) is 66.6 Å². The molecule has 0 saturated carbocycles. The summed E-state index contributed by atoms with van der Waals surface area (Å²) in [6.07, 6.45) is 1.05.